The van der Waals surface area contributed by atoms with E-state index in [4.69, 9.17) is 0 Å². The Bertz CT molecular complexity index is 238. The summed E-state index contributed by atoms with van der Waals surface area (Å²) < 4.78 is 10.8. The minimum Gasteiger partial charge on any atom is -0.313 e. The van der Waals surface area contributed by atoms with Crippen molar-refractivity contribution in [2.45, 2.75) is 13.1 Å². The van der Waals surface area contributed by atoms with Crippen molar-refractivity contribution >= 4 is 15.8 Å². The van der Waals surface area contributed by atoms with Gasteiger partial charge < -0.3 is 18.3 Å². The first-order chi connectivity index (χ1) is 7.35. The Hall–Kier alpha value is 0.274. The fourth-order valence-electron chi connectivity index (χ4n) is 3.50. The number of hydrogen-bond acceptors (Lipinski definition) is 4. The van der Waals surface area contributed by atoms with Crippen molar-refractivity contribution in [2.24, 2.45) is 0 Å². The highest BCUT2D eigenvalue weighted by Gasteiger charge is 2.64. The van der Waals surface area contributed by atoms with Crippen molar-refractivity contribution in [3.63, 3.8) is 0 Å². The van der Waals surface area contributed by atoms with Gasteiger partial charge in [0.15, 0.2) is 0 Å². The Labute approximate surface area is 102 Å². The van der Waals surface area contributed by atoms with Crippen molar-refractivity contribution < 1.29 is 0 Å². The smallest absolute Gasteiger partial charge is 0.225 e. The third-order valence-electron chi connectivity index (χ3n) is 5.41. The lowest BCUT2D eigenvalue weighted by molar-refractivity contribution is 0.543. The topological polar surface area (TPSA) is 13.0 Å². The SMILES string of the molecule is CN1CCN(C)[Si]1(C)[Si]1(C)N(C)CCN1C. The predicted octanol–water partition coefficient (Wildman–Crippen LogP) is -0.0368. The van der Waals surface area contributed by atoms with Gasteiger partial charge in [0.05, 0.1) is 0 Å². The van der Waals surface area contributed by atoms with Crippen molar-refractivity contribution in [1.29, 1.82) is 0 Å². The summed E-state index contributed by atoms with van der Waals surface area (Å²) in [6.45, 7) is 10.2. The zero-order valence-electron chi connectivity index (χ0n) is 11.6. The van der Waals surface area contributed by atoms with E-state index in [1.54, 1.807) is 0 Å². The minimum atomic E-state index is -1.45. The fourth-order valence-corrected chi connectivity index (χ4v) is 19.7. The van der Waals surface area contributed by atoms with Crippen LogP contribution in [0.5, 0.6) is 0 Å². The first-order valence-corrected chi connectivity index (χ1v) is 12.0. The Kier molecular flexibility index (Phi) is 3.10. The molecule has 2 aliphatic rings. The standard InChI is InChI=1S/C10H26N4Si2/c1-11-7-8-12(2)15(11,5)16(6)13(3)9-10-14(16)4/h7-10H2,1-6H3. The molecule has 4 nitrogen and oxygen atoms in total. The van der Waals surface area contributed by atoms with Crippen LogP contribution in [0.25, 0.3) is 0 Å². The summed E-state index contributed by atoms with van der Waals surface area (Å²) in [5.41, 5.74) is 0. The first-order valence-electron chi connectivity index (χ1n) is 6.20. The number of hydrogen-bond donors (Lipinski definition) is 0. The van der Waals surface area contributed by atoms with Gasteiger partial charge in [0, 0.05) is 26.2 Å². The summed E-state index contributed by atoms with van der Waals surface area (Å²) in [6, 6.07) is 0. The van der Waals surface area contributed by atoms with Crippen LogP contribution in [-0.2, 0) is 0 Å². The summed E-state index contributed by atoms with van der Waals surface area (Å²) in [5, 5.41) is 0. The second kappa shape index (κ2) is 3.89. The molecule has 2 rings (SSSR count). The molecule has 0 N–H and O–H groups in total. The molecule has 0 aromatic carbocycles. The largest absolute Gasteiger partial charge is 0.313 e. The minimum absolute atomic E-state index is 1.25. The predicted molar refractivity (Wildman–Crippen MR) is 73.8 cm³/mol. The van der Waals surface area contributed by atoms with Gasteiger partial charge in [-0.05, 0) is 41.3 Å². The van der Waals surface area contributed by atoms with Crippen molar-refractivity contribution in [1.82, 2.24) is 18.3 Å². The Morgan fingerprint density at radius 1 is 0.562 bits per heavy atom. The molecule has 0 aromatic rings. The van der Waals surface area contributed by atoms with Gasteiger partial charge in [0.25, 0.3) is 0 Å². The van der Waals surface area contributed by atoms with E-state index in [0.29, 0.717) is 0 Å². The van der Waals surface area contributed by atoms with Crippen LogP contribution >= 0.6 is 0 Å². The van der Waals surface area contributed by atoms with Crippen LogP contribution in [0.1, 0.15) is 0 Å². The van der Waals surface area contributed by atoms with E-state index in [9.17, 15) is 0 Å². The number of likely N-dealkylation sites (N-methyl/N-ethyl adjacent to an activating group) is 4. The molecule has 2 aliphatic heterocycles. The van der Waals surface area contributed by atoms with E-state index in [0.717, 1.165) is 0 Å². The van der Waals surface area contributed by atoms with Gasteiger partial charge in [0.1, 0.15) is 0 Å². The number of nitrogens with zero attached hydrogens (tertiary/aromatic N) is 4. The lowest BCUT2D eigenvalue weighted by Gasteiger charge is -2.51. The van der Waals surface area contributed by atoms with E-state index in [2.05, 4.69) is 59.5 Å². The quantitative estimate of drug-likeness (QED) is 0.612. The normalized spacial score (nSPS) is 32.6. The maximum atomic E-state index is 2.69. The molecule has 0 atom stereocenters. The first kappa shape index (κ1) is 12.7. The van der Waals surface area contributed by atoms with Crippen molar-refractivity contribution in [2.75, 3.05) is 54.4 Å². The van der Waals surface area contributed by atoms with Gasteiger partial charge in [-0.25, -0.2) is 0 Å². The van der Waals surface area contributed by atoms with E-state index >= 15 is 0 Å². The lowest BCUT2D eigenvalue weighted by atomic mass is 10.6. The summed E-state index contributed by atoms with van der Waals surface area (Å²) in [6.07, 6.45) is 0. The molecule has 0 spiro atoms. The molecule has 6 heteroatoms. The van der Waals surface area contributed by atoms with Crippen LogP contribution in [0.4, 0.5) is 0 Å². The molecule has 0 bridgehead atoms. The van der Waals surface area contributed by atoms with Crippen LogP contribution in [0.15, 0.2) is 0 Å². The van der Waals surface area contributed by atoms with E-state index in [1.807, 2.05) is 0 Å². The molecular formula is C10H26N4Si2. The molecule has 2 fully saturated rings. The van der Waals surface area contributed by atoms with Crippen LogP contribution in [0.3, 0.4) is 0 Å². The third-order valence-corrected chi connectivity index (χ3v) is 24.0. The Morgan fingerprint density at radius 2 is 0.750 bits per heavy atom. The maximum Gasteiger partial charge on any atom is 0.225 e. The molecule has 94 valence electrons. The molecule has 0 aliphatic carbocycles. The van der Waals surface area contributed by atoms with Gasteiger partial charge in [-0.15, -0.1) is 0 Å². The van der Waals surface area contributed by atoms with Crippen LogP contribution in [-0.4, -0.2) is 88.5 Å². The van der Waals surface area contributed by atoms with Gasteiger partial charge >= 0.3 is 0 Å². The second-order valence-electron chi connectivity index (χ2n) is 5.73. The monoisotopic (exact) mass is 258 g/mol. The zero-order valence-corrected chi connectivity index (χ0v) is 13.6. The van der Waals surface area contributed by atoms with Crippen LogP contribution < -0.4 is 0 Å². The second-order valence-corrected chi connectivity index (χ2v) is 18.5. The average molecular weight is 259 g/mol. The van der Waals surface area contributed by atoms with Crippen LogP contribution in [0.2, 0.25) is 13.1 Å². The molecule has 0 amide bonds. The Balaban J connectivity index is 2.41. The highest BCUT2D eigenvalue weighted by Crippen LogP contribution is 2.34. The van der Waals surface area contributed by atoms with Gasteiger partial charge in [0.2, 0.25) is 15.8 Å². The molecule has 0 saturated carbocycles. The number of rotatable bonds is 1. The van der Waals surface area contributed by atoms with E-state index in [-0.39, 0.29) is 0 Å². The fraction of sp³-hybridized carbons (Fsp3) is 1.00. The summed E-state index contributed by atoms with van der Waals surface area (Å²) in [7, 11) is 6.46. The molecule has 16 heavy (non-hydrogen) atoms. The summed E-state index contributed by atoms with van der Waals surface area (Å²) in [4.78, 5) is 0. The molecular weight excluding hydrogens is 232 g/mol. The van der Waals surface area contributed by atoms with Crippen molar-refractivity contribution in [3.8, 4) is 0 Å². The third kappa shape index (κ3) is 1.34. The average Bonchev–Trinajstić information content (AvgIpc) is 2.66. The molecule has 0 radical (unpaired) electrons. The van der Waals surface area contributed by atoms with Crippen LogP contribution in [0, 0.1) is 0 Å². The van der Waals surface area contributed by atoms with E-state index in [1.165, 1.54) is 26.2 Å². The summed E-state index contributed by atoms with van der Waals surface area (Å²) >= 11 is 0. The zero-order chi connectivity index (χ0) is 12.1. The maximum absolute atomic E-state index is 2.69. The van der Waals surface area contributed by atoms with Gasteiger partial charge in [-0.2, -0.15) is 0 Å². The molecule has 2 heterocycles. The van der Waals surface area contributed by atoms with E-state index < -0.39 is 15.8 Å². The molecule has 2 saturated heterocycles. The van der Waals surface area contributed by atoms with Crippen molar-refractivity contribution in [3.05, 3.63) is 0 Å². The highest BCUT2D eigenvalue weighted by molar-refractivity contribution is 7.37. The highest BCUT2D eigenvalue weighted by atomic mass is 29.3. The lowest BCUT2D eigenvalue weighted by Crippen LogP contribution is -2.81. The molecule has 0 unspecified atom stereocenters. The van der Waals surface area contributed by atoms with Gasteiger partial charge in [-0.3, -0.25) is 0 Å². The van der Waals surface area contributed by atoms with Gasteiger partial charge in [-0.1, -0.05) is 0 Å². The Morgan fingerprint density at radius 3 is 0.938 bits per heavy atom. The molecule has 0 aromatic heterocycles. The summed E-state index contributed by atoms with van der Waals surface area (Å²) in [5.74, 6) is 0.